The van der Waals surface area contributed by atoms with Gasteiger partial charge in [0, 0.05) is 19.5 Å². The van der Waals surface area contributed by atoms with Crippen molar-refractivity contribution in [2.75, 3.05) is 13.1 Å². The van der Waals surface area contributed by atoms with Crippen molar-refractivity contribution in [3.63, 3.8) is 0 Å². The maximum absolute atomic E-state index is 12.6. The monoisotopic (exact) mass is 353 g/mol. The van der Waals surface area contributed by atoms with Gasteiger partial charge in [0.05, 0.1) is 24.5 Å². The maximum Gasteiger partial charge on any atom is 0.434 e. The molecule has 0 fully saturated rings. The highest BCUT2D eigenvalue weighted by Crippen LogP contribution is 2.29. The summed E-state index contributed by atoms with van der Waals surface area (Å²) in [6.45, 7) is 0.157. The summed E-state index contributed by atoms with van der Waals surface area (Å²) in [6, 6.07) is 0. The number of carbonyl (C=O) groups is 1. The number of alkyl halides is 6. The molecule has 0 radical (unpaired) electrons. The molecule has 0 saturated carbocycles. The van der Waals surface area contributed by atoms with Gasteiger partial charge in [-0.25, -0.2) is 4.98 Å². The van der Waals surface area contributed by atoms with Crippen molar-refractivity contribution in [1.29, 1.82) is 0 Å². The third-order valence-corrected chi connectivity index (χ3v) is 3.44. The zero-order valence-corrected chi connectivity index (χ0v) is 12.3. The lowest BCUT2D eigenvalue weighted by Gasteiger charge is -2.26. The average molecular weight is 353 g/mol. The summed E-state index contributed by atoms with van der Waals surface area (Å²) in [5.74, 6) is -0.641. The van der Waals surface area contributed by atoms with Gasteiger partial charge in [-0.3, -0.25) is 9.78 Å². The van der Waals surface area contributed by atoms with Crippen molar-refractivity contribution >= 4 is 11.5 Å². The minimum atomic E-state index is -4.61. The van der Waals surface area contributed by atoms with E-state index in [1.54, 1.807) is 0 Å². The molecule has 0 atom stereocenters. The molecule has 2 rings (SSSR count). The van der Waals surface area contributed by atoms with Gasteiger partial charge in [0.25, 0.3) is 0 Å². The first-order valence-corrected chi connectivity index (χ1v) is 6.99. The first kappa shape index (κ1) is 18.2. The fourth-order valence-corrected chi connectivity index (χ4v) is 2.19. The predicted octanol–water partition coefficient (Wildman–Crippen LogP) is 3.45. The van der Waals surface area contributed by atoms with Crippen LogP contribution in [-0.2, 0) is 11.0 Å². The Labute approximate surface area is 133 Å². The van der Waals surface area contributed by atoms with E-state index in [9.17, 15) is 31.1 Å². The quantitative estimate of drug-likeness (QED) is 0.782. The lowest BCUT2D eigenvalue weighted by molar-refractivity contribution is -0.148. The minimum absolute atomic E-state index is 0.0317. The Kier molecular flexibility index (Phi) is 5.14. The van der Waals surface area contributed by atoms with Crippen LogP contribution in [0.5, 0.6) is 0 Å². The van der Waals surface area contributed by atoms with Crippen LogP contribution in [0, 0.1) is 0 Å². The molecular weight excluding hydrogens is 340 g/mol. The highest BCUT2D eigenvalue weighted by atomic mass is 19.4. The minimum Gasteiger partial charge on any atom is -0.339 e. The second kappa shape index (κ2) is 6.78. The molecule has 0 aliphatic carbocycles. The zero-order valence-electron chi connectivity index (χ0n) is 12.3. The molecule has 0 unspecified atom stereocenters. The van der Waals surface area contributed by atoms with Crippen molar-refractivity contribution in [3.8, 4) is 0 Å². The number of aromatic nitrogens is 2. The van der Waals surface area contributed by atoms with Crippen LogP contribution < -0.4 is 0 Å². The summed E-state index contributed by atoms with van der Waals surface area (Å²) in [4.78, 5) is 19.9. The highest BCUT2D eigenvalue weighted by Gasteiger charge is 2.33. The molecule has 0 bridgehead atoms. The average Bonchev–Trinajstić information content (AvgIpc) is 2.51. The summed E-state index contributed by atoms with van der Waals surface area (Å²) in [6.07, 6.45) is -7.37. The van der Waals surface area contributed by atoms with Crippen molar-refractivity contribution in [3.05, 3.63) is 29.9 Å². The van der Waals surface area contributed by atoms with Crippen molar-refractivity contribution in [2.45, 2.75) is 31.6 Å². The van der Waals surface area contributed by atoms with Gasteiger partial charge in [0.1, 0.15) is 0 Å². The van der Waals surface area contributed by atoms with Gasteiger partial charge in [0.2, 0.25) is 5.91 Å². The van der Waals surface area contributed by atoms with Crippen LogP contribution in [0.25, 0.3) is 5.57 Å². The van der Waals surface area contributed by atoms with E-state index in [0.717, 1.165) is 0 Å². The van der Waals surface area contributed by atoms with Crippen molar-refractivity contribution in [2.24, 2.45) is 0 Å². The second-order valence-corrected chi connectivity index (χ2v) is 5.22. The normalized spacial score (nSPS) is 16.1. The van der Waals surface area contributed by atoms with E-state index in [0.29, 0.717) is 11.8 Å². The molecule has 132 valence electrons. The van der Waals surface area contributed by atoms with Crippen LogP contribution >= 0.6 is 0 Å². The molecule has 1 amide bonds. The Morgan fingerprint density at radius 3 is 2.42 bits per heavy atom. The molecule has 24 heavy (non-hydrogen) atoms. The summed E-state index contributed by atoms with van der Waals surface area (Å²) >= 11 is 0. The topological polar surface area (TPSA) is 46.1 Å². The highest BCUT2D eigenvalue weighted by molar-refractivity contribution is 5.78. The van der Waals surface area contributed by atoms with Gasteiger partial charge in [-0.1, -0.05) is 6.08 Å². The smallest absolute Gasteiger partial charge is 0.339 e. The van der Waals surface area contributed by atoms with Crippen LogP contribution in [0.2, 0.25) is 0 Å². The Morgan fingerprint density at radius 1 is 1.17 bits per heavy atom. The van der Waals surface area contributed by atoms with Crippen LogP contribution in [0.3, 0.4) is 0 Å². The molecule has 0 spiro atoms. The van der Waals surface area contributed by atoms with E-state index < -0.39 is 36.8 Å². The maximum atomic E-state index is 12.6. The second-order valence-electron chi connectivity index (χ2n) is 5.22. The molecule has 1 aromatic rings. The summed E-state index contributed by atoms with van der Waals surface area (Å²) < 4.78 is 74.2. The standard InChI is InChI=1S/C14H13F6N3O/c15-13(16,17)4-1-12(24)23-5-2-9(3-6-23)10-7-21-8-11(22-10)14(18,19)20/h2,7-8H,1,3-6H2. The number of halogens is 6. The number of amides is 1. The van der Waals surface area contributed by atoms with Gasteiger partial charge < -0.3 is 4.90 Å². The van der Waals surface area contributed by atoms with E-state index in [4.69, 9.17) is 0 Å². The number of hydrogen-bond donors (Lipinski definition) is 0. The number of carbonyl (C=O) groups excluding carboxylic acids is 1. The fourth-order valence-electron chi connectivity index (χ4n) is 2.19. The first-order valence-electron chi connectivity index (χ1n) is 6.99. The summed E-state index contributed by atoms with van der Waals surface area (Å²) in [5, 5.41) is 0. The van der Waals surface area contributed by atoms with Crippen LogP contribution in [0.1, 0.15) is 30.7 Å². The first-order chi connectivity index (χ1) is 11.1. The molecule has 0 aromatic carbocycles. The van der Waals surface area contributed by atoms with Gasteiger partial charge in [-0.2, -0.15) is 26.3 Å². The fraction of sp³-hybridized carbons (Fsp3) is 0.500. The van der Waals surface area contributed by atoms with E-state index >= 15 is 0 Å². The lowest BCUT2D eigenvalue weighted by Crippen LogP contribution is -2.35. The summed E-state index contributed by atoms with van der Waals surface area (Å²) in [5.41, 5.74) is -0.592. The van der Waals surface area contributed by atoms with Crippen LogP contribution in [0.15, 0.2) is 18.5 Å². The third-order valence-electron chi connectivity index (χ3n) is 3.44. The molecule has 1 aliphatic heterocycles. The Hall–Kier alpha value is -2.13. The largest absolute Gasteiger partial charge is 0.434 e. The number of hydrogen-bond acceptors (Lipinski definition) is 3. The van der Waals surface area contributed by atoms with Gasteiger partial charge in [-0.15, -0.1) is 0 Å². The van der Waals surface area contributed by atoms with Gasteiger partial charge in [-0.05, 0) is 12.0 Å². The van der Waals surface area contributed by atoms with E-state index in [1.807, 2.05) is 0 Å². The van der Waals surface area contributed by atoms with E-state index in [2.05, 4.69) is 9.97 Å². The van der Waals surface area contributed by atoms with E-state index in [-0.39, 0.29) is 25.2 Å². The molecule has 4 nitrogen and oxygen atoms in total. The third kappa shape index (κ3) is 4.93. The number of rotatable bonds is 3. The van der Waals surface area contributed by atoms with Crippen molar-refractivity contribution in [1.82, 2.24) is 14.9 Å². The molecule has 0 N–H and O–H groups in total. The summed E-state index contributed by atoms with van der Waals surface area (Å²) in [7, 11) is 0. The van der Waals surface area contributed by atoms with Gasteiger partial charge >= 0.3 is 12.4 Å². The zero-order chi connectivity index (χ0) is 18.0. The number of nitrogens with zero attached hydrogens (tertiary/aromatic N) is 3. The molecule has 0 saturated heterocycles. The Bertz CT molecular complexity index is 638. The predicted molar refractivity (Wildman–Crippen MR) is 71.5 cm³/mol. The van der Waals surface area contributed by atoms with Crippen molar-refractivity contribution < 1.29 is 31.1 Å². The molecule has 1 aliphatic rings. The SMILES string of the molecule is O=C(CCC(F)(F)F)N1CC=C(c2cncc(C(F)(F)F)n2)CC1. The molecular formula is C14H13F6N3O. The van der Waals surface area contributed by atoms with E-state index in [1.165, 1.54) is 17.2 Å². The Balaban J connectivity index is 2.02. The van der Waals surface area contributed by atoms with Crippen LogP contribution in [0.4, 0.5) is 26.3 Å². The lowest BCUT2D eigenvalue weighted by atomic mass is 10.0. The Morgan fingerprint density at radius 2 is 1.88 bits per heavy atom. The molecule has 10 heteroatoms. The van der Waals surface area contributed by atoms with Crippen LogP contribution in [-0.4, -0.2) is 40.0 Å². The van der Waals surface area contributed by atoms with Gasteiger partial charge in [0.15, 0.2) is 5.69 Å². The molecule has 1 aromatic heterocycles. The molecule has 2 heterocycles.